The Bertz CT molecular complexity index is 1100. The van der Waals surface area contributed by atoms with Crippen LogP contribution in [0.25, 0.3) is 22.0 Å². The van der Waals surface area contributed by atoms with E-state index >= 15 is 0 Å². The topological polar surface area (TPSA) is 31.2 Å². The van der Waals surface area contributed by atoms with Gasteiger partial charge in [0.1, 0.15) is 5.75 Å². The normalized spacial score (nSPS) is 10.8. The Balaban J connectivity index is 1.97. The maximum absolute atomic E-state index is 12.9. The standard InChI is InChI=1S/C23H19NO2/c1-26-19-12-13-22-21(14-19)20(18-10-6-3-7-11-18)15-23(25)24(22)16-17-8-4-2-5-9-17/h2-15H,16H2,1H3. The summed E-state index contributed by atoms with van der Waals surface area (Å²) in [5, 5.41) is 1.01. The number of pyridine rings is 1. The monoisotopic (exact) mass is 341 g/mol. The molecule has 0 saturated heterocycles. The number of nitrogens with zero attached hydrogens (tertiary/aromatic N) is 1. The van der Waals surface area contributed by atoms with Gasteiger partial charge in [-0.15, -0.1) is 0 Å². The Morgan fingerprint density at radius 1 is 0.846 bits per heavy atom. The van der Waals surface area contributed by atoms with Crippen molar-refractivity contribution in [3.63, 3.8) is 0 Å². The first-order valence-corrected chi connectivity index (χ1v) is 8.57. The molecule has 0 fully saturated rings. The van der Waals surface area contributed by atoms with Gasteiger partial charge in [-0.05, 0) is 34.9 Å². The summed E-state index contributed by atoms with van der Waals surface area (Å²) < 4.78 is 7.23. The number of fused-ring (bicyclic) bond motifs is 1. The van der Waals surface area contributed by atoms with Crippen molar-refractivity contribution >= 4 is 10.9 Å². The van der Waals surface area contributed by atoms with Crippen LogP contribution < -0.4 is 10.3 Å². The summed E-state index contributed by atoms with van der Waals surface area (Å²) in [5.74, 6) is 0.777. The molecule has 4 aromatic rings. The van der Waals surface area contributed by atoms with Crippen LogP contribution in [0.5, 0.6) is 5.75 Å². The molecule has 0 amide bonds. The second-order valence-corrected chi connectivity index (χ2v) is 6.22. The van der Waals surface area contributed by atoms with Gasteiger partial charge in [-0.1, -0.05) is 60.7 Å². The van der Waals surface area contributed by atoms with Gasteiger partial charge < -0.3 is 9.30 Å². The Morgan fingerprint density at radius 3 is 2.23 bits per heavy atom. The van der Waals surface area contributed by atoms with Crippen molar-refractivity contribution in [3.8, 4) is 16.9 Å². The smallest absolute Gasteiger partial charge is 0.251 e. The van der Waals surface area contributed by atoms with Crippen molar-refractivity contribution in [2.45, 2.75) is 6.54 Å². The van der Waals surface area contributed by atoms with Crippen LogP contribution in [0, 0.1) is 0 Å². The Morgan fingerprint density at radius 2 is 1.54 bits per heavy atom. The zero-order chi connectivity index (χ0) is 17.9. The highest BCUT2D eigenvalue weighted by Gasteiger charge is 2.12. The molecule has 0 radical (unpaired) electrons. The van der Waals surface area contributed by atoms with Crippen LogP contribution in [0.3, 0.4) is 0 Å². The van der Waals surface area contributed by atoms with Gasteiger partial charge in [0.05, 0.1) is 19.2 Å². The average Bonchev–Trinajstić information content (AvgIpc) is 2.71. The van der Waals surface area contributed by atoms with E-state index < -0.39 is 0 Å². The molecule has 3 heteroatoms. The van der Waals surface area contributed by atoms with Gasteiger partial charge in [0, 0.05) is 11.5 Å². The minimum absolute atomic E-state index is 0.00891. The lowest BCUT2D eigenvalue weighted by atomic mass is 10.0. The third-order valence-corrected chi connectivity index (χ3v) is 4.59. The summed E-state index contributed by atoms with van der Waals surface area (Å²) in [6.07, 6.45) is 0. The van der Waals surface area contributed by atoms with Gasteiger partial charge in [0.15, 0.2) is 0 Å². The third-order valence-electron chi connectivity index (χ3n) is 4.59. The molecule has 3 aromatic carbocycles. The van der Waals surface area contributed by atoms with E-state index in [1.165, 1.54) is 0 Å². The van der Waals surface area contributed by atoms with Crippen molar-refractivity contribution in [1.29, 1.82) is 0 Å². The van der Waals surface area contributed by atoms with E-state index in [0.29, 0.717) is 6.54 Å². The van der Waals surface area contributed by atoms with E-state index in [-0.39, 0.29) is 5.56 Å². The van der Waals surface area contributed by atoms with Crippen molar-refractivity contribution < 1.29 is 4.74 Å². The zero-order valence-corrected chi connectivity index (χ0v) is 14.6. The minimum Gasteiger partial charge on any atom is -0.497 e. The largest absolute Gasteiger partial charge is 0.497 e. The first-order chi connectivity index (χ1) is 12.8. The fourth-order valence-electron chi connectivity index (χ4n) is 3.28. The molecule has 0 atom stereocenters. The third kappa shape index (κ3) is 3.00. The molecular formula is C23H19NO2. The summed E-state index contributed by atoms with van der Waals surface area (Å²) in [5.41, 5.74) is 3.94. The number of hydrogen-bond donors (Lipinski definition) is 0. The molecule has 1 aromatic heterocycles. The molecule has 1 heterocycles. The van der Waals surface area contributed by atoms with Gasteiger partial charge in [-0.2, -0.15) is 0 Å². The lowest BCUT2D eigenvalue weighted by Gasteiger charge is -2.15. The van der Waals surface area contributed by atoms with Crippen LogP contribution in [-0.2, 0) is 6.54 Å². The number of ether oxygens (including phenoxy) is 1. The van der Waals surface area contributed by atoms with E-state index in [0.717, 1.165) is 33.3 Å². The fourth-order valence-corrected chi connectivity index (χ4v) is 3.28. The predicted molar refractivity (Wildman–Crippen MR) is 106 cm³/mol. The van der Waals surface area contributed by atoms with Gasteiger partial charge >= 0.3 is 0 Å². The van der Waals surface area contributed by atoms with Crippen molar-refractivity contribution in [3.05, 3.63) is 101 Å². The summed E-state index contributed by atoms with van der Waals surface area (Å²) in [4.78, 5) is 12.9. The maximum Gasteiger partial charge on any atom is 0.251 e. The molecular weight excluding hydrogens is 322 g/mol. The van der Waals surface area contributed by atoms with Crippen LogP contribution in [0.4, 0.5) is 0 Å². The lowest BCUT2D eigenvalue weighted by molar-refractivity contribution is 0.415. The highest BCUT2D eigenvalue weighted by molar-refractivity contribution is 5.95. The summed E-state index contributed by atoms with van der Waals surface area (Å²) in [6, 6.07) is 27.6. The van der Waals surface area contributed by atoms with Crippen LogP contribution in [0.15, 0.2) is 89.7 Å². The molecule has 0 aliphatic heterocycles. The molecule has 3 nitrogen and oxygen atoms in total. The van der Waals surface area contributed by atoms with Crippen LogP contribution >= 0.6 is 0 Å². The van der Waals surface area contributed by atoms with E-state index in [2.05, 4.69) is 0 Å². The number of rotatable bonds is 4. The molecule has 0 unspecified atom stereocenters. The maximum atomic E-state index is 12.9. The molecule has 0 N–H and O–H groups in total. The molecule has 4 rings (SSSR count). The minimum atomic E-state index is -0.00891. The van der Waals surface area contributed by atoms with Gasteiger partial charge in [-0.3, -0.25) is 4.79 Å². The van der Waals surface area contributed by atoms with Crippen molar-refractivity contribution in [1.82, 2.24) is 4.57 Å². The van der Waals surface area contributed by atoms with Crippen LogP contribution in [0.2, 0.25) is 0 Å². The zero-order valence-electron chi connectivity index (χ0n) is 14.6. The Labute approximate surface area is 152 Å². The van der Waals surface area contributed by atoms with Gasteiger partial charge in [0.2, 0.25) is 0 Å². The van der Waals surface area contributed by atoms with Crippen LogP contribution in [-0.4, -0.2) is 11.7 Å². The molecule has 0 saturated carbocycles. The molecule has 0 aliphatic carbocycles. The van der Waals surface area contributed by atoms with Gasteiger partial charge in [0.25, 0.3) is 5.56 Å². The Kier molecular flexibility index (Phi) is 4.28. The first-order valence-electron chi connectivity index (χ1n) is 8.57. The lowest BCUT2D eigenvalue weighted by Crippen LogP contribution is -2.20. The highest BCUT2D eigenvalue weighted by atomic mass is 16.5. The summed E-state index contributed by atoms with van der Waals surface area (Å²) in [7, 11) is 1.66. The summed E-state index contributed by atoms with van der Waals surface area (Å²) >= 11 is 0. The molecule has 26 heavy (non-hydrogen) atoms. The van der Waals surface area contributed by atoms with Gasteiger partial charge in [-0.25, -0.2) is 0 Å². The molecule has 128 valence electrons. The number of aromatic nitrogens is 1. The van der Waals surface area contributed by atoms with E-state index in [4.69, 9.17) is 4.74 Å². The number of benzene rings is 3. The second kappa shape index (κ2) is 6.89. The van der Waals surface area contributed by atoms with E-state index in [1.54, 1.807) is 13.2 Å². The Hall–Kier alpha value is -3.33. The SMILES string of the molecule is COc1ccc2c(c1)c(-c1ccccc1)cc(=O)n2Cc1ccccc1. The molecule has 0 spiro atoms. The molecule has 0 aliphatic rings. The fraction of sp³-hybridized carbons (Fsp3) is 0.0870. The predicted octanol–water partition coefficient (Wildman–Crippen LogP) is 4.73. The number of hydrogen-bond acceptors (Lipinski definition) is 2. The second-order valence-electron chi connectivity index (χ2n) is 6.22. The molecule has 0 bridgehead atoms. The summed E-state index contributed by atoms with van der Waals surface area (Å²) in [6.45, 7) is 0.539. The first kappa shape index (κ1) is 16.2. The van der Waals surface area contributed by atoms with Crippen LogP contribution in [0.1, 0.15) is 5.56 Å². The number of methoxy groups -OCH3 is 1. The highest BCUT2D eigenvalue weighted by Crippen LogP contribution is 2.30. The van der Waals surface area contributed by atoms with Crippen molar-refractivity contribution in [2.75, 3.05) is 7.11 Å². The van der Waals surface area contributed by atoms with E-state index in [1.807, 2.05) is 83.4 Å². The average molecular weight is 341 g/mol. The van der Waals surface area contributed by atoms with Crippen molar-refractivity contribution in [2.24, 2.45) is 0 Å². The van der Waals surface area contributed by atoms with E-state index in [9.17, 15) is 4.79 Å². The quantitative estimate of drug-likeness (QED) is 0.537.